The molecule has 0 N–H and O–H groups in total. The molecule has 1 aliphatic rings. The summed E-state index contributed by atoms with van der Waals surface area (Å²) in [5.74, 6) is 0.155. The van der Waals surface area contributed by atoms with E-state index in [0.717, 1.165) is 11.1 Å². The first-order valence-corrected chi connectivity index (χ1v) is 13.8. The van der Waals surface area contributed by atoms with Gasteiger partial charge < -0.3 is 28.4 Å². The molecule has 4 heterocycles. The number of fused-ring (bicyclic) bond motifs is 2. The largest absolute Gasteiger partial charge is 0.493 e. The Morgan fingerprint density at radius 3 is 2.42 bits per heavy atom. The van der Waals surface area contributed by atoms with Crippen LogP contribution in [0.2, 0.25) is 0 Å². The Kier molecular flexibility index (Phi) is 10.9. The Bertz CT molecular complexity index is 1620. The zero-order valence-corrected chi connectivity index (χ0v) is 26.3. The minimum absolute atomic E-state index is 0. The number of hydrogen-bond donors (Lipinski definition) is 0. The standard InChI is InChI=1S/C31H35N5O5.2ClH/c1-5-36-25-8-7-24(21-26(25)33(4)29(38)31(2,3)30(36)39)40-19-6-15-34(23-9-13-32-14-10-23)17-18-35-16-11-22-12-20-41-27(22)28(35)37;;/h7-14,16,20-21H,5-6,15,17-19H2,1-4H3;2*1H. The number of anilines is 3. The molecule has 0 unspecified atom stereocenters. The van der Waals surface area contributed by atoms with Crippen LogP contribution in [0.3, 0.4) is 0 Å². The maximum absolute atomic E-state index is 13.1. The van der Waals surface area contributed by atoms with Crippen molar-refractivity contribution in [3.8, 4) is 5.75 Å². The number of hydrogen-bond acceptors (Lipinski definition) is 7. The Hall–Kier alpha value is -4.02. The van der Waals surface area contributed by atoms with Gasteiger partial charge in [0, 0.05) is 69.0 Å². The molecule has 0 saturated carbocycles. The van der Waals surface area contributed by atoms with E-state index in [9.17, 15) is 14.4 Å². The third-order valence-electron chi connectivity index (χ3n) is 7.60. The van der Waals surface area contributed by atoms with Crippen LogP contribution in [0.1, 0.15) is 27.2 Å². The quantitative estimate of drug-likeness (QED) is 0.176. The first kappa shape index (κ1) is 33.5. The Labute approximate surface area is 263 Å². The van der Waals surface area contributed by atoms with Crippen LogP contribution in [0.4, 0.5) is 17.1 Å². The summed E-state index contributed by atoms with van der Waals surface area (Å²) < 4.78 is 13.1. The predicted molar refractivity (Wildman–Crippen MR) is 173 cm³/mol. The highest BCUT2D eigenvalue weighted by molar-refractivity contribution is 6.20. The molecule has 0 atom stereocenters. The van der Waals surface area contributed by atoms with E-state index in [-0.39, 0.29) is 42.2 Å². The monoisotopic (exact) mass is 629 g/mol. The van der Waals surface area contributed by atoms with E-state index in [2.05, 4.69) is 9.88 Å². The molecule has 0 spiro atoms. The van der Waals surface area contributed by atoms with Crippen LogP contribution < -0.4 is 25.0 Å². The summed E-state index contributed by atoms with van der Waals surface area (Å²) in [6, 6.07) is 13.1. The lowest BCUT2D eigenvalue weighted by Crippen LogP contribution is -2.47. The molecule has 2 amide bonds. The first-order chi connectivity index (χ1) is 19.7. The molecule has 0 saturated heterocycles. The van der Waals surface area contributed by atoms with Crippen molar-refractivity contribution >= 4 is 64.7 Å². The van der Waals surface area contributed by atoms with Crippen LogP contribution in [-0.4, -0.2) is 54.7 Å². The molecule has 12 heteroatoms. The van der Waals surface area contributed by atoms with Crippen molar-refractivity contribution in [1.29, 1.82) is 0 Å². The fraction of sp³-hybridized carbons (Fsp3) is 0.355. The van der Waals surface area contributed by atoms with Gasteiger partial charge in [0.15, 0.2) is 5.58 Å². The molecule has 0 radical (unpaired) electrons. The lowest BCUT2D eigenvalue weighted by atomic mass is 9.90. The minimum Gasteiger partial charge on any atom is -0.493 e. The fourth-order valence-electron chi connectivity index (χ4n) is 5.24. The third kappa shape index (κ3) is 6.65. The number of aromatic nitrogens is 2. The number of benzene rings is 1. The van der Waals surface area contributed by atoms with Crippen LogP contribution in [-0.2, 0) is 16.1 Å². The number of carbonyl (C=O) groups is 2. The zero-order valence-electron chi connectivity index (χ0n) is 24.7. The van der Waals surface area contributed by atoms with Crippen molar-refractivity contribution in [1.82, 2.24) is 9.55 Å². The highest BCUT2D eigenvalue weighted by atomic mass is 35.5. The summed E-state index contributed by atoms with van der Waals surface area (Å²) in [6.45, 7) is 7.93. The van der Waals surface area contributed by atoms with Gasteiger partial charge in [-0.05, 0) is 63.6 Å². The van der Waals surface area contributed by atoms with Gasteiger partial charge in [-0.2, -0.15) is 0 Å². The van der Waals surface area contributed by atoms with Gasteiger partial charge in [0.25, 0.3) is 5.56 Å². The van der Waals surface area contributed by atoms with Crippen molar-refractivity contribution in [3.63, 3.8) is 0 Å². The van der Waals surface area contributed by atoms with Gasteiger partial charge in [-0.25, -0.2) is 0 Å². The number of rotatable bonds is 10. The maximum Gasteiger partial charge on any atom is 0.294 e. The highest BCUT2D eigenvalue weighted by Crippen LogP contribution is 2.40. The second-order valence-electron chi connectivity index (χ2n) is 10.6. The van der Waals surface area contributed by atoms with Crippen molar-refractivity contribution in [2.75, 3.05) is 48.0 Å². The Balaban J connectivity index is 0.00000253. The van der Waals surface area contributed by atoms with Crippen molar-refractivity contribution in [3.05, 3.63) is 77.7 Å². The maximum atomic E-state index is 13.1. The second kappa shape index (κ2) is 14.0. The van der Waals surface area contributed by atoms with Gasteiger partial charge in [0.05, 0.1) is 24.2 Å². The number of ether oxygens (including phenoxy) is 1. The molecule has 0 fully saturated rings. The van der Waals surface area contributed by atoms with E-state index in [1.165, 1.54) is 6.26 Å². The van der Waals surface area contributed by atoms with Crippen LogP contribution in [0.25, 0.3) is 11.0 Å². The van der Waals surface area contributed by atoms with E-state index in [1.807, 2.05) is 43.3 Å². The molecule has 43 heavy (non-hydrogen) atoms. The van der Waals surface area contributed by atoms with Crippen molar-refractivity contribution in [2.45, 2.75) is 33.7 Å². The molecule has 4 aromatic rings. The summed E-state index contributed by atoms with van der Waals surface area (Å²) in [4.78, 5) is 48.6. The smallest absolute Gasteiger partial charge is 0.294 e. The van der Waals surface area contributed by atoms with Gasteiger partial charge in [-0.1, -0.05) is 0 Å². The SMILES string of the molecule is CCN1C(=O)C(C)(C)C(=O)N(C)c2cc(OCCCN(CCn3ccc4ccoc4c3=O)c3ccncc3)ccc21.Cl.Cl. The predicted octanol–water partition coefficient (Wildman–Crippen LogP) is 5.16. The summed E-state index contributed by atoms with van der Waals surface area (Å²) in [5, 5.41) is 0.792. The number of nitrogens with zero attached hydrogens (tertiary/aromatic N) is 5. The molecule has 230 valence electrons. The summed E-state index contributed by atoms with van der Waals surface area (Å²) >= 11 is 0. The van der Waals surface area contributed by atoms with Crippen LogP contribution in [0, 0.1) is 5.41 Å². The molecule has 0 aliphatic carbocycles. The molecular weight excluding hydrogens is 593 g/mol. The molecule has 1 aromatic carbocycles. The van der Waals surface area contributed by atoms with Gasteiger partial charge in [0.2, 0.25) is 11.8 Å². The van der Waals surface area contributed by atoms with Crippen molar-refractivity contribution < 1.29 is 18.7 Å². The summed E-state index contributed by atoms with van der Waals surface area (Å²) in [6.07, 6.45) is 7.53. The van der Waals surface area contributed by atoms with Crippen molar-refractivity contribution in [2.24, 2.45) is 5.41 Å². The molecule has 1 aliphatic heterocycles. The lowest BCUT2D eigenvalue weighted by Gasteiger charge is -2.27. The topological polar surface area (TPSA) is 101 Å². The Morgan fingerprint density at radius 1 is 0.953 bits per heavy atom. The minimum atomic E-state index is -1.16. The number of furan rings is 1. The molecule has 10 nitrogen and oxygen atoms in total. The van der Waals surface area contributed by atoms with E-state index >= 15 is 0 Å². The molecule has 3 aromatic heterocycles. The van der Waals surface area contributed by atoms with Crippen LogP contribution >= 0.6 is 24.8 Å². The average molecular weight is 631 g/mol. The van der Waals surface area contributed by atoms with Crippen LogP contribution in [0.15, 0.2) is 76.5 Å². The highest BCUT2D eigenvalue weighted by Gasteiger charge is 2.45. The first-order valence-electron chi connectivity index (χ1n) is 13.8. The van der Waals surface area contributed by atoms with E-state index < -0.39 is 5.41 Å². The van der Waals surface area contributed by atoms with Gasteiger partial charge in [-0.15, -0.1) is 24.8 Å². The number of halogens is 2. The normalized spacial score (nSPS) is 14.0. The van der Waals surface area contributed by atoms with Gasteiger partial charge in [0.1, 0.15) is 11.2 Å². The molecular formula is C31H37Cl2N5O5. The van der Waals surface area contributed by atoms with E-state index in [0.29, 0.717) is 61.9 Å². The van der Waals surface area contributed by atoms with E-state index in [4.69, 9.17) is 9.15 Å². The van der Waals surface area contributed by atoms with Crippen LogP contribution in [0.5, 0.6) is 5.75 Å². The lowest BCUT2D eigenvalue weighted by molar-refractivity contribution is -0.137. The Morgan fingerprint density at radius 2 is 1.70 bits per heavy atom. The summed E-state index contributed by atoms with van der Waals surface area (Å²) in [7, 11) is 1.70. The van der Waals surface area contributed by atoms with Gasteiger partial charge >= 0.3 is 0 Å². The summed E-state index contributed by atoms with van der Waals surface area (Å²) in [5.41, 5.74) is 1.40. The second-order valence-corrected chi connectivity index (χ2v) is 10.6. The fourth-order valence-corrected chi connectivity index (χ4v) is 5.24. The number of pyridine rings is 2. The third-order valence-corrected chi connectivity index (χ3v) is 7.60. The molecule has 5 rings (SSSR count). The number of carbonyl (C=O) groups excluding carboxylic acids is 2. The van der Waals surface area contributed by atoms with E-state index in [1.54, 1.807) is 59.9 Å². The zero-order chi connectivity index (χ0) is 29.1. The van der Waals surface area contributed by atoms with Gasteiger partial charge in [-0.3, -0.25) is 19.4 Å². The number of amides is 2. The molecule has 0 bridgehead atoms. The average Bonchev–Trinajstić information content (AvgIpc) is 3.46.